The summed E-state index contributed by atoms with van der Waals surface area (Å²) in [5, 5.41) is 0. The SMILES string of the molecule is C1=COc2ccccc2O1.C1=COc2ccccc2O1. The summed E-state index contributed by atoms with van der Waals surface area (Å²) >= 11 is 0. The molecule has 2 aliphatic heterocycles. The molecule has 0 N–H and O–H groups in total. The summed E-state index contributed by atoms with van der Waals surface area (Å²) in [6.45, 7) is 0. The third-order valence-electron chi connectivity index (χ3n) is 2.59. The maximum Gasteiger partial charge on any atom is 0.169 e. The van der Waals surface area contributed by atoms with Crippen LogP contribution in [0.2, 0.25) is 0 Å². The number of fused-ring (bicyclic) bond motifs is 2. The molecule has 2 aromatic carbocycles. The Morgan fingerprint density at radius 3 is 0.900 bits per heavy atom. The van der Waals surface area contributed by atoms with Crippen molar-refractivity contribution in [3.05, 3.63) is 73.6 Å². The minimum Gasteiger partial charge on any atom is -0.458 e. The predicted molar refractivity (Wildman–Crippen MR) is 73.7 cm³/mol. The van der Waals surface area contributed by atoms with Gasteiger partial charge in [0.25, 0.3) is 0 Å². The molecule has 0 saturated heterocycles. The van der Waals surface area contributed by atoms with Crippen LogP contribution in [-0.4, -0.2) is 0 Å². The number of hydrogen-bond donors (Lipinski definition) is 0. The van der Waals surface area contributed by atoms with Crippen molar-refractivity contribution in [1.82, 2.24) is 0 Å². The second kappa shape index (κ2) is 5.84. The van der Waals surface area contributed by atoms with Crippen LogP contribution in [-0.2, 0) is 0 Å². The Morgan fingerprint density at radius 1 is 0.400 bits per heavy atom. The van der Waals surface area contributed by atoms with Crippen molar-refractivity contribution < 1.29 is 18.9 Å². The molecule has 0 fully saturated rings. The lowest BCUT2D eigenvalue weighted by molar-refractivity contribution is 0.362. The molecule has 4 rings (SSSR count). The molecule has 0 amide bonds. The molecule has 0 unspecified atom stereocenters. The van der Waals surface area contributed by atoms with E-state index in [4.69, 9.17) is 18.9 Å². The van der Waals surface area contributed by atoms with E-state index in [1.54, 1.807) is 0 Å². The van der Waals surface area contributed by atoms with Crippen molar-refractivity contribution in [3.63, 3.8) is 0 Å². The van der Waals surface area contributed by atoms with E-state index >= 15 is 0 Å². The van der Waals surface area contributed by atoms with Gasteiger partial charge >= 0.3 is 0 Å². The first kappa shape index (κ1) is 12.2. The molecule has 0 atom stereocenters. The molecule has 2 heterocycles. The average Bonchev–Trinajstić information content (AvgIpc) is 2.56. The van der Waals surface area contributed by atoms with E-state index < -0.39 is 0 Å². The maximum absolute atomic E-state index is 5.12. The van der Waals surface area contributed by atoms with Crippen molar-refractivity contribution in [3.8, 4) is 23.0 Å². The van der Waals surface area contributed by atoms with Crippen molar-refractivity contribution in [2.45, 2.75) is 0 Å². The lowest BCUT2D eigenvalue weighted by atomic mass is 10.3. The van der Waals surface area contributed by atoms with Gasteiger partial charge in [-0.15, -0.1) is 0 Å². The number of ether oxygens (including phenoxy) is 4. The standard InChI is InChI=1S/2C8H6O2/c2*1-2-4-8-7(3-1)9-5-6-10-8/h2*1-6H. The van der Waals surface area contributed by atoms with Gasteiger partial charge in [-0.05, 0) is 24.3 Å². The number of benzene rings is 2. The van der Waals surface area contributed by atoms with Gasteiger partial charge in [0.1, 0.15) is 25.0 Å². The molecular formula is C16H12O4. The predicted octanol–water partition coefficient (Wildman–Crippen LogP) is 3.86. The van der Waals surface area contributed by atoms with Gasteiger partial charge < -0.3 is 18.9 Å². The molecule has 4 heteroatoms. The molecule has 0 aromatic heterocycles. The summed E-state index contributed by atoms with van der Waals surface area (Å²) in [6.07, 6.45) is 6.06. The van der Waals surface area contributed by atoms with Crippen LogP contribution >= 0.6 is 0 Å². The Labute approximate surface area is 116 Å². The summed E-state index contributed by atoms with van der Waals surface area (Å²) in [4.78, 5) is 0. The van der Waals surface area contributed by atoms with Gasteiger partial charge in [-0.2, -0.15) is 0 Å². The number of para-hydroxylation sites is 4. The normalized spacial score (nSPS) is 13.2. The van der Waals surface area contributed by atoms with E-state index in [2.05, 4.69) is 0 Å². The maximum atomic E-state index is 5.12. The van der Waals surface area contributed by atoms with Crippen LogP contribution in [0.15, 0.2) is 73.6 Å². The molecule has 4 nitrogen and oxygen atoms in total. The van der Waals surface area contributed by atoms with E-state index in [1.165, 1.54) is 25.0 Å². The quantitative estimate of drug-likeness (QED) is 0.727. The smallest absolute Gasteiger partial charge is 0.169 e. The third kappa shape index (κ3) is 2.75. The van der Waals surface area contributed by atoms with Crippen LogP contribution in [0.3, 0.4) is 0 Å². The highest BCUT2D eigenvalue weighted by atomic mass is 16.5. The topological polar surface area (TPSA) is 36.9 Å². The molecule has 0 aliphatic carbocycles. The lowest BCUT2D eigenvalue weighted by Crippen LogP contribution is -1.94. The van der Waals surface area contributed by atoms with E-state index in [0.717, 1.165) is 23.0 Å². The van der Waals surface area contributed by atoms with Crippen LogP contribution in [0, 0.1) is 0 Å². The summed E-state index contributed by atoms with van der Waals surface area (Å²) in [5.74, 6) is 3.07. The Morgan fingerprint density at radius 2 is 0.650 bits per heavy atom. The van der Waals surface area contributed by atoms with Gasteiger partial charge in [-0.1, -0.05) is 24.3 Å². The molecule has 2 aliphatic rings. The zero-order valence-corrected chi connectivity index (χ0v) is 10.6. The van der Waals surface area contributed by atoms with Crippen LogP contribution in [0.4, 0.5) is 0 Å². The van der Waals surface area contributed by atoms with Gasteiger partial charge in [0.15, 0.2) is 23.0 Å². The number of hydrogen-bond acceptors (Lipinski definition) is 4. The zero-order chi connectivity index (χ0) is 13.6. The second-order valence-corrected chi connectivity index (χ2v) is 3.91. The molecule has 2 aromatic rings. The Hall–Kier alpha value is -2.88. The van der Waals surface area contributed by atoms with Crippen LogP contribution < -0.4 is 18.9 Å². The van der Waals surface area contributed by atoms with Gasteiger partial charge in [0, 0.05) is 0 Å². The van der Waals surface area contributed by atoms with Crippen LogP contribution in [0.1, 0.15) is 0 Å². The van der Waals surface area contributed by atoms with Crippen LogP contribution in [0.5, 0.6) is 23.0 Å². The van der Waals surface area contributed by atoms with Gasteiger partial charge in [0.2, 0.25) is 0 Å². The molecular weight excluding hydrogens is 256 g/mol. The number of rotatable bonds is 0. The Kier molecular flexibility index (Phi) is 3.55. The molecule has 100 valence electrons. The summed E-state index contributed by atoms with van der Waals surface area (Å²) in [7, 11) is 0. The molecule has 20 heavy (non-hydrogen) atoms. The zero-order valence-electron chi connectivity index (χ0n) is 10.6. The highest BCUT2D eigenvalue weighted by Gasteiger charge is 2.04. The van der Waals surface area contributed by atoms with E-state index in [-0.39, 0.29) is 0 Å². The van der Waals surface area contributed by atoms with Crippen molar-refractivity contribution in [2.24, 2.45) is 0 Å². The summed E-state index contributed by atoms with van der Waals surface area (Å²) in [5.41, 5.74) is 0. The highest BCUT2D eigenvalue weighted by Crippen LogP contribution is 2.29. The van der Waals surface area contributed by atoms with E-state index in [9.17, 15) is 0 Å². The molecule has 0 saturated carbocycles. The second-order valence-electron chi connectivity index (χ2n) is 3.91. The van der Waals surface area contributed by atoms with Crippen molar-refractivity contribution in [1.29, 1.82) is 0 Å². The lowest BCUT2D eigenvalue weighted by Gasteiger charge is -2.10. The van der Waals surface area contributed by atoms with Crippen molar-refractivity contribution >= 4 is 0 Å². The summed E-state index contributed by atoms with van der Waals surface area (Å²) < 4.78 is 20.5. The first-order valence-corrected chi connectivity index (χ1v) is 6.08. The Bertz CT molecular complexity index is 535. The Balaban J connectivity index is 0.000000121. The molecule has 0 bridgehead atoms. The largest absolute Gasteiger partial charge is 0.458 e. The highest BCUT2D eigenvalue weighted by molar-refractivity contribution is 5.42. The third-order valence-corrected chi connectivity index (χ3v) is 2.59. The van der Waals surface area contributed by atoms with E-state index in [1.807, 2.05) is 48.5 Å². The van der Waals surface area contributed by atoms with E-state index in [0.29, 0.717) is 0 Å². The fourth-order valence-electron chi connectivity index (χ4n) is 1.69. The fraction of sp³-hybridized carbons (Fsp3) is 0. The molecule has 0 spiro atoms. The van der Waals surface area contributed by atoms with Gasteiger partial charge in [0.05, 0.1) is 0 Å². The monoisotopic (exact) mass is 268 g/mol. The van der Waals surface area contributed by atoms with Crippen LogP contribution in [0.25, 0.3) is 0 Å². The average molecular weight is 268 g/mol. The summed E-state index contributed by atoms with van der Waals surface area (Å²) in [6, 6.07) is 15.1. The minimum absolute atomic E-state index is 0.769. The first-order chi connectivity index (χ1) is 9.93. The first-order valence-electron chi connectivity index (χ1n) is 6.08. The van der Waals surface area contributed by atoms with Crippen molar-refractivity contribution in [2.75, 3.05) is 0 Å². The fourth-order valence-corrected chi connectivity index (χ4v) is 1.69. The van der Waals surface area contributed by atoms with Gasteiger partial charge in [-0.25, -0.2) is 0 Å². The van der Waals surface area contributed by atoms with Gasteiger partial charge in [-0.3, -0.25) is 0 Å². The molecule has 0 radical (unpaired) electrons. The minimum atomic E-state index is 0.769.